The number of nitrogens with zero attached hydrogens (tertiary/aromatic N) is 4. The number of rotatable bonds is 22. The molecule has 1 unspecified atom stereocenters. The van der Waals surface area contributed by atoms with Crippen molar-refractivity contribution in [3.8, 4) is 0 Å². The fraction of sp³-hybridized carbons (Fsp3) is 0.394. The number of pyridine rings is 1. The number of unbranched alkanes of at least 4 members (excludes halogenated alkanes) is 1. The van der Waals surface area contributed by atoms with E-state index in [0.29, 0.717) is 25.3 Å². The van der Waals surface area contributed by atoms with Crippen LogP contribution in [0.4, 0.5) is 5.69 Å². The summed E-state index contributed by atoms with van der Waals surface area (Å²) in [6.45, 7) is 3.41. The van der Waals surface area contributed by atoms with E-state index in [1.54, 1.807) is 47.3 Å². The molecule has 0 radical (unpaired) electrons. The molecule has 3 rings (SSSR count). The van der Waals surface area contributed by atoms with E-state index in [1.165, 1.54) is 5.56 Å². The highest BCUT2D eigenvalue weighted by atomic mass is 32.2. The molecule has 4 N–H and O–H groups in total. The number of hydrogen-bond acceptors (Lipinski definition) is 8. The molecule has 13 heteroatoms. The van der Waals surface area contributed by atoms with Crippen molar-refractivity contribution in [3.63, 3.8) is 0 Å². The number of Topliss-reactive ketones (excluding diaryl/α,β-unsaturated/α-hetero) is 1. The van der Waals surface area contributed by atoms with Crippen LogP contribution in [0.1, 0.15) is 29.7 Å². The maximum Gasteiger partial charge on any atom is 0.317 e. The van der Waals surface area contributed by atoms with Crippen molar-refractivity contribution >= 4 is 34.6 Å². The monoisotopic (exact) mass is 652 g/mol. The number of anilines is 1. The predicted octanol–water partition coefficient (Wildman–Crippen LogP) is 2.66. The van der Waals surface area contributed by atoms with Gasteiger partial charge in [0.25, 0.3) is 11.3 Å². The molecular formula is C33H44N6O6S. The third-order valence-electron chi connectivity index (χ3n) is 7.11. The van der Waals surface area contributed by atoms with Crippen LogP contribution in [0.25, 0.3) is 0 Å². The normalized spacial score (nSPS) is 11.9. The standard InChI is InChI=1S/C33H44N6O6S/c1-37(24-31(40)21-27-12-14-29(15-13-27)36-46(44)45)19-20-39(26-33(42)43)25-32(41)35-17-7-8-18-38(22-28-9-3-2-4-10-28)23-30-11-5-6-16-34-30/h2-6,9-16,36H,7-8,17-26H2,1H3,(H,35,41)(H,42,43)(H,44,45). The Kier molecular flexibility index (Phi) is 16.0. The Morgan fingerprint density at radius 2 is 1.54 bits per heavy atom. The minimum Gasteiger partial charge on any atom is -0.480 e. The fourth-order valence-corrected chi connectivity index (χ4v) is 5.23. The van der Waals surface area contributed by atoms with Crippen molar-refractivity contribution in [3.05, 3.63) is 95.8 Å². The summed E-state index contributed by atoms with van der Waals surface area (Å²) in [6.07, 6.45) is 3.65. The number of aromatic nitrogens is 1. The maximum atomic E-state index is 12.7. The minimum absolute atomic E-state index is 0.0289. The van der Waals surface area contributed by atoms with Crippen molar-refractivity contribution in [2.45, 2.75) is 32.4 Å². The molecule has 3 aromatic rings. The molecule has 1 heterocycles. The zero-order chi connectivity index (χ0) is 33.1. The molecule has 248 valence electrons. The Bertz CT molecular complexity index is 1340. The molecule has 0 bridgehead atoms. The molecule has 1 atom stereocenters. The first-order valence-electron chi connectivity index (χ1n) is 15.2. The average molecular weight is 653 g/mol. The Morgan fingerprint density at radius 1 is 0.804 bits per heavy atom. The summed E-state index contributed by atoms with van der Waals surface area (Å²) >= 11 is -2.17. The minimum atomic E-state index is -2.17. The largest absolute Gasteiger partial charge is 0.480 e. The van der Waals surface area contributed by atoms with E-state index in [0.717, 1.165) is 43.7 Å². The molecule has 0 fully saturated rings. The number of hydrogen-bond donors (Lipinski definition) is 4. The lowest BCUT2D eigenvalue weighted by molar-refractivity contribution is -0.139. The number of benzene rings is 2. The molecule has 0 spiro atoms. The van der Waals surface area contributed by atoms with Crippen LogP contribution in [0.5, 0.6) is 0 Å². The Hall–Kier alpha value is -4.01. The topological polar surface area (TPSA) is 155 Å². The highest BCUT2D eigenvalue weighted by molar-refractivity contribution is 7.80. The van der Waals surface area contributed by atoms with Gasteiger partial charge in [-0.1, -0.05) is 48.5 Å². The Labute approximate surface area is 273 Å². The van der Waals surface area contributed by atoms with Gasteiger partial charge in [0.05, 0.1) is 25.3 Å². The number of ketones is 1. The number of aliphatic carboxylic acids is 1. The van der Waals surface area contributed by atoms with E-state index in [4.69, 9.17) is 4.55 Å². The SMILES string of the molecule is CN(CCN(CC(=O)O)CC(=O)NCCCCN(Cc1ccccc1)Cc1ccccn1)CC(=O)Cc1ccc(NS(=O)O)cc1. The number of likely N-dealkylation sites (N-methyl/N-ethyl adjacent to an activating group) is 1. The van der Waals surface area contributed by atoms with Crippen molar-refractivity contribution in [2.75, 3.05) is 57.6 Å². The van der Waals surface area contributed by atoms with Gasteiger partial charge in [0.2, 0.25) is 5.91 Å². The third-order valence-corrected chi connectivity index (χ3v) is 7.53. The summed E-state index contributed by atoms with van der Waals surface area (Å²) < 4.78 is 22.1. The zero-order valence-electron chi connectivity index (χ0n) is 26.2. The number of carboxylic acid groups (broad SMARTS) is 1. The number of amides is 1. The van der Waals surface area contributed by atoms with Gasteiger partial charge in [-0.2, -0.15) is 0 Å². The Morgan fingerprint density at radius 3 is 2.22 bits per heavy atom. The Balaban J connectivity index is 1.37. The zero-order valence-corrected chi connectivity index (χ0v) is 27.0. The number of nitrogens with one attached hydrogen (secondary N) is 2. The molecule has 46 heavy (non-hydrogen) atoms. The molecule has 1 aromatic heterocycles. The molecule has 12 nitrogen and oxygen atoms in total. The van der Waals surface area contributed by atoms with Crippen LogP contribution in [0, 0.1) is 0 Å². The second-order valence-corrected chi connectivity index (χ2v) is 11.9. The first-order chi connectivity index (χ1) is 22.2. The molecular weight excluding hydrogens is 608 g/mol. The van der Waals surface area contributed by atoms with Gasteiger partial charge in [0.1, 0.15) is 0 Å². The molecule has 1 amide bonds. The van der Waals surface area contributed by atoms with Gasteiger partial charge in [-0.05, 0) is 61.8 Å². The van der Waals surface area contributed by atoms with Crippen LogP contribution in [-0.2, 0) is 45.2 Å². The van der Waals surface area contributed by atoms with Gasteiger partial charge in [-0.25, -0.2) is 4.21 Å². The highest BCUT2D eigenvalue weighted by Gasteiger charge is 2.16. The van der Waals surface area contributed by atoms with Gasteiger partial charge < -0.3 is 10.4 Å². The summed E-state index contributed by atoms with van der Waals surface area (Å²) in [5.41, 5.74) is 3.47. The summed E-state index contributed by atoms with van der Waals surface area (Å²) in [7, 11) is 1.77. The van der Waals surface area contributed by atoms with Crippen LogP contribution >= 0.6 is 0 Å². The van der Waals surface area contributed by atoms with E-state index in [1.807, 2.05) is 36.4 Å². The summed E-state index contributed by atoms with van der Waals surface area (Å²) in [5, 5.41) is 12.3. The average Bonchev–Trinajstić information content (AvgIpc) is 3.01. The summed E-state index contributed by atoms with van der Waals surface area (Å²) in [4.78, 5) is 46.8. The predicted molar refractivity (Wildman–Crippen MR) is 178 cm³/mol. The first kappa shape index (κ1) is 36.5. The van der Waals surface area contributed by atoms with Gasteiger partial charge >= 0.3 is 5.97 Å². The number of carboxylic acids is 1. The van der Waals surface area contributed by atoms with Crippen molar-refractivity contribution in [2.24, 2.45) is 0 Å². The quantitative estimate of drug-likeness (QED) is 0.0941. The first-order valence-corrected chi connectivity index (χ1v) is 16.3. The fourth-order valence-electron chi connectivity index (χ4n) is 4.90. The van der Waals surface area contributed by atoms with Gasteiger partial charge in [-0.15, -0.1) is 0 Å². The lowest BCUT2D eigenvalue weighted by atomic mass is 10.1. The smallest absolute Gasteiger partial charge is 0.317 e. The van der Waals surface area contributed by atoms with Crippen LogP contribution in [-0.4, -0.2) is 104 Å². The van der Waals surface area contributed by atoms with Crippen LogP contribution in [0.2, 0.25) is 0 Å². The van der Waals surface area contributed by atoms with Crippen LogP contribution < -0.4 is 10.0 Å². The summed E-state index contributed by atoms with van der Waals surface area (Å²) in [6, 6.07) is 22.9. The lowest BCUT2D eigenvalue weighted by Crippen LogP contribution is -2.43. The van der Waals surface area contributed by atoms with E-state index < -0.39 is 17.2 Å². The van der Waals surface area contributed by atoms with E-state index in [9.17, 15) is 23.7 Å². The van der Waals surface area contributed by atoms with Crippen molar-refractivity contribution in [1.82, 2.24) is 25.0 Å². The second-order valence-electron chi connectivity index (χ2n) is 11.2. The molecule has 0 saturated carbocycles. The summed E-state index contributed by atoms with van der Waals surface area (Å²) in [5.74, 6) is -1.29. The van der Waals surface area contributed by atoms with Crippen LogP contribution in [0.15, 0.2) is 79.0 Å². The van der Waals surface area contributed by atoms with Crippen molar-refractivity contribution < 1.29 is 28.3 Å². The van der Waals surface area contributed by atoms with E-state index >= 15 is 0 Å². The number of carbonyl (C=O) groups is 3. The van der Waals surface area contributed by atoms with Crippen LogP contribution in [0.3, 0.4) is 0 Å². The van der Waals surface area contributed by atoms with Gasteiger partial charge in [0, 0.05) is 51.0 Å². The molecule has 0 saturated heterocycles. The van der Waals surface area contributed by atoms with Gasteiger partial charge in [0.15, 0.2) is 5.78 Å². The maximum absolute atomic E-state index is 12.7. The molecule has 0 aliphatic heterocycles. The lowest BCUT2D eigenvalue weighted by Gasteiger charge is -2.24. The molecule has 0 aliphatic rings. The van der Waals surface area contributed by atoms with Gasteiger partial charge in [-0.3, -0.25) is 43.3 Å². The molecule has 2 aromatic carbocycles. The third kappa shape index (κ3) is 15.3. The highest BCUT2D eigenvalue weighted by Crippen LogP contribution is 2.12. The second kappa shape index (κ2) is 20.2. The van der Waals surface area contributed by atoms with E-state index in [-0.39, 0.29) is 37.7 Å². The molecule has 0 aliphatic carbocycles. The number of carbonyl (C=O) groups excluding carboxylic acids is 2. The van der Waals surface area contributed by atoms with Crippen molar-refractivity contribution in [1.29, 1.82) is 0 Å². The van der Waals surface area contributed by atoms with E-state index in [2.05, 4.69) is 32.1 Å².